The van der Waals surface area contributed by atoms with Crippen molar-refractivity contribution in [3.8, 4) is 6.07 Å². The SMILES string of the molecule is N#Cc1ccccc1Nc1cc(C2CC2)nc(NCC(=O)O)n1. The molecule has 1 aliphatic carbocycles. The van der Waals surface area contributed by atoms with E-state index in [4.69, 9.17) is 10.4 Å². The molecule has 1 aromatic carbocycles. The van der Waals surface area contributed by atoms with Gasteiger partial charge < -0.3 is 15.7 Å². The molecule has 0 saturated heterocycles. The number of nitrogens with one attached hydrogen (secondary N) is 2. The number of carboxylic acid groups (broad SMARTS) is 1. The second-order valence-corrected chi connectivity index (χ2v) is 5.31. The van der Waals surface area contributed by atoms with Gasteiger partial charge in [-0.2, -0.15) is 10.2 Å². The van der Waals surface area contributed by atoms with Gasteiger partial charge in [0.05, 0.1) is 16.9 Å². The molecule has 23 heavy (non-hydrogen) atoms. The van der Waals surface area contributed by atoms with Crippen LogP contribution in [-0.2, 0) is 4.79 Å². The van der Waals surface area contributed by atoms with Gasteiger partial charge in [-0.25, -0.2) is 4.98 Å². The number of rotatable bonds is 6. The van der Waals surface area contributed by atoms with Gasteiger partial charge in [0.2, 0.25) is 5.95 Å². The van der Waals surface area contributed by atoms with Crippen LogP contribution in [0, 0.1) is 11.3 Å². The third kappa shape index (κ3) is 3.74. The van der Waals surface area contributed by atoms with E-state index in [1.165, 1.54) is 0 Å². The van der Waals surface area contributed by atoms with Crippen molar-refractivity contribution in [2.75, 3.05) is 17.2 Å². The minimum absolute atomic E-state index is 0.248. The predicted octanol–water partition coefficient (Wildman–Crippen LogP) is 2.47. The average Bonchev–Trinajstić information content (AvgIpc) is 3.38. The third-order valence-electron chi connectivity index (χ3n) is 3.45. The normalized spacial score (nSPS) is 13.2. The van der Waals surface area contributed by atoms with Crippen molar-refractivity contribution < 1.29 is 9.90 Å². The summed E-state index contributed by atoms with van der Waals surface area (Å²) in [6, 6.07) is 11.1. The first kappa shape index (κ1) is 14.8. The molecule has 0 aliphatic heterocycles. The minimum atomic E-state index is -0.977. The van der Waals surface area contributed by atoms with Gasteiger partial charge in [0.25, 0.3) is 0 Å². The van der Waals surface area contributed by atoms with Crippen molar-refractivity contribution >= 4 is 23.4 Å². The first-order chi connectivity index (χ1) is 11.2. The molecule has 0 spiro atoms. The van der Waals surface area contributed by atoms with Crippen molar-refractivity contribution in [2.24, 2.45) is 0 Å². The number of para-hydroxylation sites is 1. The zero-order valence-corrected chi connectivity index (χ0v) is 12.3. The van der Waals surface area contributed by atoms with E-state index >= 15 is 0 Å². The molecule has 116 valence electrons. The second kappa shape index (κ2) is 6.32. The Morgan fingerprint density at radius 1 is 1.35 bits per heavy atom. The molecule has 3 N–H and O–H groups in total. The van der Waals surface area contributed by atoms with Crippen LogP contribution < -0.4 is 10.6 Å². The Bertz CT molecular complexity index is 780. The fraction of sp³-hybridized carbons (Fsp3) is 0.250. The van der Waals surface area contributed by atoms with Crippen LogP contribution in [-0.4, -0.2) is 27.6 Å². The standard InChI is InChI=1S/C16H15N5O2/c17-8-11-3-1-2-4-12(11)19-14-7-13(10-5-6-10)20-16(21-14)18-9-15(22)23/h1-4,7,10H,5-6,9H2,(H,22,23)(H2,18,19,20,21). The zero-order chi connectivity index (χ0) is 16.2. The number of nitriles is 1. The Kier molecular flexibility index (Phi) is 4.06. The van der Waals surface area contributed by atoms with Crippen LogP contribution in [0.2, 0.25) is 0 Å². The predicted molar refractivity (Wildman–Crippen MR) is 84.6 cm³/mol. The molecule has 0 amide bonds. The molecule has 0 unspecified atom stereocenters. The molecule has 1 saturated carbocycles. The molecule has 1 heterocycles. The van der Waals surface area contributed by atoms with E-state index in [2.05, 4.69) is 26.7 Å². The van der Waals surface area contributed by atoms with E-state index in [1.54, 1.807) is 18.2 Å². The van der Waals surface area contributed by atoms with Crippen LogP contribution in [0.25, 0.3) is 0 Å². The number of nitrogens with zero attached hydrogens (tertiary/aromatic N) is 3. The highest BCUT2D eigenvalue weighted by Crippen LogP contribution is 2.40. The van der Waals surface area contributed by atoms with E-state index in [0.717, 1.165) is 18.5 Å². The topological polar surface area (TPSA) is 111 Å². The minimum Gasteiger partial charge on any atom is -0.480 e. The summed E-state index contributed by atoms with van der Waals surface area (Å²) in [4.78, 5) is 19.3. The van der Waals surface area contributed by atoms with Gasteiger partial charge in [-0.05, 0) is 25.0 Å². The molecule has 0 atom stereocenters. The monoisotopic (exact) mass is 309 g/mol. The van der Waals surface area contributed by atoms with Crippen LogP contribution in [0.1, 0.15) is 30.0 Å². The lowest BCUT2D eigenvalue weighted by Gasteiger charge is -2.11. The lowest BCUT2D eigenvalue weighted by Crippen LogP contribution is -2.15. The quantitative estimate of drug-likeness (QED) is 0.751. The number of benzene rings is 1. The lowest BCUT2D eigenvalue weighted by molar-refractivity contribution is -0.134. The van der Waals surface area contributed by atoms with E-state index in [1.807, 2.05) is 12.1 Å². The second-order valence-electron chi connectivity index (χ2n) is 5.31. The number of carboxylic acids is 1. The molecule has 1 aliphatic rings. The Morgan fingerprint density at radius 3 is 2.83 bits per heavy atom. The van der Waals surface area contributed by atoms with E-state index < -0.39 is 5.97 Å². The van der Waals surface area contributed by atoms with Crippen LogP contribution in [0.4, 0.5) is 17.5 Å². The molecule has 1 fully saturated rings. The zero-order valence-electron chi connectivity index (χ0n) is 12.3. The van der Waals surface area contributed by atoms with Gasteiger partial charge in [0, 0.05) is 12.0 Å². The number of anilines is 3. The Morgan fingerprint density at radius 2 is 2.13 bits per heavy atom. The van der Waals surface area contributed by atoms with Crippen LogP contribution in [0.15, 0.2) is 30.3 Å². The maximum absolute atomic E-state index is 10.7. The lowest BCUT2D eigenvalue weighted by atomic mass is 10.2. The Balaban J connectivity index is 1.88. The van der Waals surface area contributed by atoms with Gasteiger partial charge in [0.15, 0.2) is 0 Å². The largest absolute Gasteiger partial charge is 0.480 e. The summed E-state index contributed by atoms with van der Waals surface area (Å²) in [6.45, 7) is -0.248. The van der Waals surface area contributed by atoms with E-state index in [9.17, 15) is 4.79 Å². The number of carbonyl (C=O) groups is 1. The molecule has 0 radical (unpaired) electrons. The molecule has 3 rings (SSSR count). The highest BCUT2D eigenvalue weighted by atomic mass is 16.4. The molecule has 1 aromatic heterocycles. The molecular formula is C16H15N5O2. The van der Waals surface area contributed by atoms with Crippen LogP contribution in [0.3, 0.4) is 0 Å². The van der Waals surface area contributed by atoms with Crippen LogP contribution in [0.5, 0.6) is 0 Å². The highest BCUT2D eigenvalue weighted by Gasteiger charge is 2.26. The van der Waals surface area contributed by atoms with Gasteiger partial charge in [0.1, 0.15) is 18.4 Å². The van der Waals surface area contributed by atoms with E-state index in [0.29, 0.717) is 23.0 Å². The Hall–Kier alpha value is -3.14. The van der Waals surface area contributed by atoms with Crippen molar-refractivity contribution in [1.29, 1.82) is 5.26 Å². The summed E-state index contributed by atoms with van der Waals surface area (Å²) in [5, 5.41) is 23.7. The van der Waals surface area contributed by atoms with Crippen molar-refractivity contribution in [1.82, 2.24) is 9.97 Å². The van der Waals surface area contributed by atoms with E-state index in [-0.39, 0.29) is 12.5 Å². The molecule has 0 bridgehead atoms. The van der Waals surface area contributed by atoms with Gasteiger partial charge in [-0.1, -0.05) is 12.1 Å². The maximum atomic E-state index is 10.7. The summed E-state index contributed by atoms with van der Waals surface area (Å²) in [6.07, 6.45) is 2.15. The van der Waals surface area contributed by atoms with Gasteiger partial charge in [-0.3, -0.25) is 4.79 Å². The van der Waals surface area contributed by atoms with Gasteiger partial charge in [-0.15, -0.1) is 0 Å². The summed E-state index contributed by atoms with van der Waals surface area (Å²) < 4.78 is 0. The van der Waals surface area contributed by atoms with Crippen molar-refractivity contribution in [2.45, 2.75) is 18.8 Å². The molecule has 7 nitrogen and oxygen atoms in total. The highest BCUT2D eigenvalue weighted by molar-refractivity contribution is 5.72. The third-order valence-corrected chi connectivity index (χ3v) is 3.45. The van der Waals surface area contributed by atoms with Crippen LogP contribution >= 0.6 is 0 Å². The summed E-state index contributed by atoms with van der Waals surface area (Å²) >= 11 is 0. The first-order valence-electron chi connectivity index (χ1n) is 7.26. The number of aromatic nitrogens is 2. The molecule has 2 aromatic rings. The number of aliphatic carboxylic acids is 1. The van der Waals surface area contributed by atoms with Gasteiger partial charge >= 0.3 is 5.97 Å². The fourth-order valence-electron chi connectivity index (χ4n) is 2.18. The fourth-order valence-corrected chi connectivity index (χ4v) is 2.18. The summed E-state index contributed by atoms with van der Waals surface area (Å²) in [7, 11) is 0. The summed E-state index contributed by atoms with van der Waals surface area (Å²) in [5.41, 5.74) is 2.04. The van der Waals surface area contributed by atoms with Crippen molar-refractivity contribution in [3.05, 3.63) is 41.6 Å². The van der Waals surface area contributed by atoms with Crippen molar-refractivity contribution in [3.63, 3.8) is 0 Å². The molecular weight excluding hydrogens is 294 g/mol. The molecule has 7 heteroatoms. The number of hydrogen-bond donors (Lipinski definition) is 3. The summed E-state index contributed by atoms with van der Waals surface area (Å²) in [5.74, 6) is 0.233. The smallest absolute Gasteiger partial charge is 0.322 e. The number of hydrogen-bond acceptors (Lipinski definition) is 6. The Labute approximate surface area is 133 Å². The maximum Gasteiger partial charge on any atom is 0.322 e. The first-order valence-corrected chi connectivity index (χ1v) is 7.26. The average molecular weight is 309 g/mol.